The normalized spacial score (nSPS) is 24.1. The van der Waals surface area contributed by atoms with Gasteiger partial charge in [-0.1, -0.05) is 6.92 Å². The van der Waals surface area contributed by atoms with Gasteiger partial charge in [-0.25, -0.2) is 0 Å². The maximum absolute atomic E-state index is 5.62. The minimum Gasteiger partial charge on any atom is -0.379 e. The highest BCUT2D eigenvalue weighted by atomic mass is 16.5. The van der Waals surface area contributed by atoms with E-state index in [0.29, 0.717) is 18.0 Å². The zero-order valence-electron chi connectivity index (χ0n) is 11.8. The Hall–Kier alpha value is -0.940. The molecule has 0 saturated carbocycles. The van der Waals surface area contributed by atoms with Crippen LogP contribution in [0, 0.1) is 6.92 Å². The molecule has 0 bridgehead atoms. The zero-order valence-corrected chi connectivity index (χ0v) is 11.8. The number of hydrogen-bond donors (Lipinski definition) is 1. The fraction of sp³-hybridized carbons (Fsp3) is 0.846. The summed E-state index contributed by atoms with van der Waals surface area (Å²) >= 11 is 0. The van der Waals surface area contributed by atoms with Crippen LogP contribution in [-0.2, 0) is 4.74 Å². The molecule has 2 heterocycles. The Labute approximate surface area is 109 Å². The minimum atomic E-state index is 0.320. The van der Waals surface area contributed by atoms with Gasteiger partial charge in [-0.05, 0) is 33.7 Å². The summed E-state index contributed by atoms with van der Waals surface area (Å²) in [5.41, 5.74) is 0. The van der Waals surface area contributed by atoms with E-state index in [1.54, 1.807) is 0 Å². The van der Waals surface area contributed by atoms with Gasteiger partial charge in [-0.15, -0.1) is 10.2 Å². The minimum absolute atomic E-state index is 0.320. The number of aromatic nitrogens is 3. The molecule has 1 aromatic heterocycles. The Morgan fingerprint density at radius 3 is 2.83 bits per heavy atom. The van der Waals surface area contributed by atoms with Gasteiger partial charge in [0.2, 0.25) is 0 Å². The van der Waals surface area contributed by atoms with E-state index in [-0.39, 0.29) is 0 Å². The summed E-state index contributed by atoms with van der Waals surface area (Å²) in [6.45, 7) is 11.1. The molecule has 1 aliphatic heterocycles. The van der Waals surface area contributed by atoms with Crippen LogP contribution < -0.4 is 5.32 Å². The second kappa shape index (κ2) is 5.80. The fourth-order valence-corrected chi connectivity index (χ4v) is 2.62. The van der Waals surface area contributed by atoms with Crippen LogP contribution in [0.5, 0.6) is 0 Å². The van der Waals surface area contributed by atoms with Crippen molar-refractivity contribution in [1.29, 1.82) is 0 Å². The van der Waals surface area contributed by atoms with Crippen molar-refractivity contribution in [2.75, 3.05) is 19.8 Å². The van der Waals surface area contributed by atoms with Gasteiger partial charge in [-0.2, -0.15) is 0 Å². The lowest BCUT2D eigenvalue weighted by Crippen LogP contribution is -2.36. The fourth-order valence-electron chi connectivity index (χ4n) is 2.62. The maximum Gasteiger partial charge on any atom is 0.140 e. The number of ether oxygens (including phenoxy) is 1. The van der Waals surface area contributed by atoms with Gasteiger partial charge < -0.3 is 14.6 Å². The van der Waals surface area contributed by atoms with E-state index in [4.69, 9.17) is 4.74 Å². The number of nitrogens with one attached hydrogen (secondary N) is 1. The highest BCUT2D eigenvalue weighted by molar-refractivity contribution is 5.08. The van der Waals surface area contributed by atoms with Gasteiger partial charge in [0.05, 0.1) is 19.1 Å². The smallest absolute Gasteiger partial charge is 0.140 e. The average molecular weight is 252 g/mol. The highest BCUT2D eigenvalue weighted by Gasteiger charge is 2.33. The summed E-state index contributed by atoms with van der Waals surface area (Å²) < 4.78 is 7.84. The van der Waals surface area contributed by atoms with E-state index in [2.05, 4.69) is 40.9 Å². The number of hydrogen-bond acceptors (Lipinski definition) is 4. The molecule has 102 valence electrons. The van der Waals surface area contributed by atoms with Crippen LogP contribution in [0.2, 0.25) is 0 Å². The predicted octanol–water partition coefficient (Wildman–Crippen LogP) is 1.65. The number of rotatable bonds is 5. The van der Waals surface area contributed by atoms with Crippen molar-refractivity contribution in [3.8, 4) is 0 Å². The van der Waals surface area contributed by atoms with E-state index < -0.39 is 0 Å². The summed E-state index contributed by atoms with van der Waals surface area (Å²) in [5, 5.41) is 12.1. The molecule has 0 amide bonds. The van der Waals surface area contributed by atoms with Gasteiger partial charge in [-0.3, -0.25) is 0 Å². The third kappa shape index (κ3) is 2.57. The first-order valence-corrected chi connectivity index (χ1v) is 6.87. The van der Waals surface area contributed by atoms with Crippen LogP contribution in [0.25, 0.3) is 0 Å². The van der Waals surface area contributed by atoms with Gasteiger partial charge in [0, 0.05) is 12.1 Å². The van der Waals surface area contributed by atoms with E-state index >= 15 is 0 Å². The number of aryl methyl sites for hydroxylation is 1. The van der Waals surface area contributed by atoms with Crippen LogP contribution in [0.3, 0.4) is 0 Å². The zero-order chi connectivity index (χ0) is 13.1. The molecule has 1 aliphatic rings. The molecule has 2 atom stereocenters. The molecule has 0 aliphatic carbocycles. The third-order valence-corrected chi connectivity index (χ3v) is 3.48. The van der Waals surface area contributed by atoms with Gasteiger partial charge >= 0.3 is 0 Å². The van der Waals surface area contributed by atoms with Gasteiger partial charge in [0.15, 0.2) is 0 Å². The quantitative estimate of drug-likeness (QED) is 0.865. The SMILES string of the molecule is CCCNC1COCC1c1nnc(C)n1C(C)C. The molecule has 1 aromatic rings. The Morgan fingerprint density at radius 2 is 2.17 bits per heavy atom. The molecule has 1 N–H and O–H groups in total. The van der Waals surface area contributed by atoms with Crippen LogP contribution in [0.15, 0.2) is 0 Å². The summed E-state index contributed by atoms with van der Waals surface area (Å²) in [5.74, 6) is 2.37. The Bertz CT molecular complexity index is 388. The van der Waals surface area contributed by atoms with E-state index in [1.807, 2.05) is 6.92 Å². The standard InChI is InChI=1S/C13H24N4O/c1-5-6-14-12-8-18-7-11(12)13-16-15-10(4)17(13)9(2)3/h9,11-12,14H,5-8H2,1-4H3. The summed E-state index contributed by atoms with van der Waals surface area (Å²) in [4.78, 5) is 0. The summed E-state index contributed by atoms with van der Waals surface area (Å²) in [7, 11) is 0. The van der Waals surface area contributed by atoms with Crippen LogP contribution in [0.1, 0.15) is 50.8 Å². The molecular formula is C13H24N4O. The first-order valence-electron chi connectivity index (χ1n) is 6.87. The van der Waals surface area contributed by atoms with Gasteiger partial charge in [0.1, 0.15) is 11.6 Å². The van der Waals surface area contributed by atoms with Crippen molar-refractivity contribution in [3.63, 3.8) is 0 Å². The summed E-state index contributed by atoms with van der Waals surface area (Å²) in [6.07, 6.45) is 1.14. The van der Waals surface area contributed by atoms with Crippen LogP contribution in [0.4, 0.5) is 0 Å². The molecule has 5 heteroatoms. The molecule has 1 saturated heterocycles. The van der Waals surface area contributed by atoms with E-state index in [1.165, 1.54) is 0 Å². The molecule has 0 aromatic carbocycles. The van der Waals surface area contributed by atoms with Crippen molar-refractivity contribution in [2.24, 2.45) is 0 Å². The summed E-state index contributed by atoms with van der Waals surface area (Å²) in [6, 6.07) is 0.758. The monoisotopic (exact) mass is 252 g/mol. The lowest BCUT2D eigenvalue weighted by Gasteiger charge is -2.21. The van der Waals surface area contributed by atoms with Gasteiger partial charge in [0.25, 0.3) is 0 Å². The van der Waals surface area contributed by atoms with Crippen molar-refractivity contribution in [1.82, 2.24) is 20.1 Å². The Kier molecular flexibility index (Phi) is 4.35. The van der Waals surface area contributed by atoms with Crippen LogP contribution >= 0.6 is 0 Å². The Morgan fingerprint density at radius 1 is 1.39 bits per heavy atom. The molecule has 5 nitrogen and oxygen atoms in total. The third-order valence-electron chi connectivity index (χ3n) is 3.48. The van der Waals surface area contributed by atoms with Crippen molar-refractivity contribution < 1.29 is 4.74 Å². The molecule has 0 spiro atoms. The largest absolute Gasteiger partial charge is 0.379 e. The number of nitrogens with zero attached hydrogens (tertiary/aromatic N) is 3. The van der Waals surface area contributed by atoms with Crippen molar-refractivity contribution in [2.45, 2.75) is 52.1 Å². The lowest BCUT2D eigenvalue weighted by molar-refractivity contribution is 0.187. The molecule has 0 radical (unpaired) electrons. The molecular weight excluding hydrogens is 228 g/mol. The van der Waals surface area contributed by atoms with E-state index in [9.17, 15) is 0 Å². The highest BCUT2D eigenvalue weighted by Crippen LogP contribution is 2.27. The predicted molar refractivity (Wildman–Crippen MR) is 70.8 cm³/mol. The topological polar surface area (TPSA) is 52.0 Å². The second-order valence-corrected chi connectivity index (χ2v) is 5.27. The van der Waals surface area contributed by atoms with Crippen molar-refractivity contribution in [3.05, 3.63) is 11.6 Å². The van der Waals surface area contributed by atoms with Crippen molar-refractivity contribution >= 4 is 0 Å². The second-order valence-electron chi connectivity index (χ2n) is 5.27. The molecule has 18 heavy (non-hydrogen) atoms. The Balaban J connectivity index is 2.19. The molecule has 2 unspecified atom stereocenters. The van der Waals surface area contributed by atoms with Crippen LogP contribution in [-0.4, -0.2) is 40.6 Å². The lowest BCUT2D eigenvalue weighted by atomic mass is 10.0. The first kappa shape index (κ1) is 13.5. The maximum atomic E-state index is 5.62. The molecule has 1 fully saturated rings. The molecule has 2 rings (SSSR count). The average Bonchev–Trinajstić information content (AvgIpc) is 2.91. The first-order chi connectivity index (χ1) is 8.65. The van der Waals surface area contributed by atoms with E-state index in [0.717, 1.165) is 37.8 Å².